The maximum atomic E-state index is 9.42. The minimum Gasteiger partial charge on any atom is -0.508 e. The van der Waals surface area contributed by atoms with Crippen LogP contribution < -0.4 is 5.32 Å². The second kappa shape index (κ2) is 6.76. The van der Waals surface area contributed by atoms with Crippen molar-refractivity contribution in [3.8, 4) is 5.75 Å². The van der Waals surface area contributed by atoms with Gasteiger partial charge in [0.1, 0.15) is 22.9 Å². The van der Waals surface area contributed by atoms with Gasteiger partial charge in [0.15, 0.2) is 0 Å². The normalized spacial score (nSPS) is 12.4. The summed E-state index contributed by atoms with van der Waals surface area (Å²) in [5, 5.41) is 13.4. The first kappa shape index (κ1) is 15.6. The van der Waals surface area contributed by atoms with Crippen molar-refractivity contribution in [2.45, 2.75) is 33.2 Å². The van der Waals surface area contributed by atoms with Crippen LogP contribution in [0, 0.1) is 5.92 Å². The molecule has 1 unspecified atom stereocenters. The molecule has 0 fully saturated rings. The van der Waals surface area contributed by atoms with Gasteiger partial charge < -0.3 is 10.4 Å². The number of anilines is 1. The Hall–Kier alpha value is -1.81. The molecule has 21 heavy (non-hydrogen) atoms. The van der Waals surface area contributed by atoms with E-state index in [1.807, 2.05) is 19.1 Å². The summed E-state index contributed by atoms with van der Waals surface area (Å²) in [5.41, 5.74) is 1.91. The number of rotatable bonds is 5. The molecule has 0 aliphatic rings. The molecule has 5 heteroatoms. The second-order valence-corrected chi connectivity index (χ2v) is 5.67. The highest BCUT2D eigenvalue weighted by Crippen LogP contribution is 2.30. The summed E-state index contributed by atoms with van der Waals surface area (Å²) in [6.45, 7) is 6.26. The van der Waals surface area contributed by atoms with Gasteiger partial charge in [0.25, 0.3) is 0 Å². The number of hydrogen-bond donors (Lipinski definition) is 2. The molecule has 0 saturated carbocycles. The van der Waals surface area contributed by atoms with Crippen LogP contribution in [0.3, 0.4) is 0 Å². The summed E-state index contributed by atoms with van der Waals surface area (Å²) in [6.07, 6.45) is 2.29. The number of halogens is 1. The first-order valence-electron chi connectivity index (χ1n) is 7.07. The number of aromatic hydroxyl groups is 1. The molecule has 4 nitrogen and oxygen atoms in total. The highest BCUT2D eigenvalue weighted by atomic mass is 35.5. The Balaban J connectivity index is 2.31. The fraction of sp³-hybridized carbons (Fsp3) is 0.375. The molecule has 1 atom stereocenters. The zero-order valence-electron chi connectivity index (χ0n) is 12.5. The maximum Gasteiger partial charge on any atom is 0.149 e. The molecule has 0 saturated heterocycles. The van der Waals surface area contributed by atoms with E-state index in [0.717, 1.165) is 17.7 Å². The van der Waals surface area contributed by atoms with E-state index < -0.39 is 0 Å². The quantitative estimate of drug-likeness (QED) is 0.869. The zero-order chi connectivity index (χ0) is 15.4. The lowest BCUT2D eigenvalue weighted by Crippen LogP contribution is -2.18. The molecule has 0 radical (unpaired) electrons. The van der Waals surface area contributed by atoms with Crippen LogP contribution in [0.4, 0.5) is 5.82 Å². The largest absolute Gasteiger partial charge is 0.508 e. The molecule has 0 amide bonds. The van der Waals surface area contributed by atoms with Crippen LogP contribution in [0.1, 0.15) is 38.1 Å². The summed E-state index contributed by atoms with van der Waals surface area (Å²) in [7, 11) is 0. The Morgan fingerprint density at radius 3 is 2.43 bits per heavy atom. The molecule has 1 aromatic heterocycles. The first-order valence-corrected chi connectivity index (χ1v) is 7.45. The van der Waals surface area contributed by atoms with Gasteiger partial charge in [-0.3, -0.25) is 0 Å². The predicted molar refractivity (Wildman–Crippen MR) is 85.7 cm³/mol. The van der Waals surface area contributed by atoms with E-state index in [-0.39, 0.29) is 11.8 Å². The van der Waals surface area contributed by atoms with Gasteiger partial charge >= 0.3 is 0 Å². The van der Waals surface area contributed by atoms with Gasteiger partial charge in [-0.05, 0) is 30.0 Å². The third-order valence-corrected chi connectivity index (χ3v) is 3.80. The molecule has 0 spiro atoms. The summed E-state index contributed by atoms with van der Waals surface area (Å²) >= 11 is 6.34. The topological polar surface area (TPSA) is 58.0 Å². The molecular formula is C16H20ClN3O. The molecule has 0 bridgehead atoms. The molecule has 1 heterocycles. The zero-order valence-corrected chi connectivity index (χ0v) is 13.2. The number of aryl methyl sites for hydroxylation is 1. The van der Waals surface area contributed by atoms with E-state index in [0.29, 0.717) is 16.8 Å². The monoisotopic (exact) mass is 305 g/mol. The van der Waals surface area contributed by atoms with E-state index in [1.165, 1.54) is 6.33 Å². The van der Waals surface area contributed by atoms with Crippen molar-refractivity contribution in [1.29, 1.82) is 0 Å². The molecular weight excluding hydrogens is 286 g/mol. The van der Waals surface area contributed by atoms with Gasteiger partial charge in [-0.2, -0.15) is 0 Å². The van der Waals surface area contributed by atoms with Crippen molar-refractivity contribution in [3.63, 3.8) is 0 Å². The number of phenols is 1. The lowest BCUT2D eigenvalue weighted by molar-refractivity contribution is 0.474. The molecule has 0 aliphatic heterocycles. The van der Waals surface area contributed by atoms with Crippen molar-refractivity contribution in [2.24, 2.45) is 5.92 Å². The van der Waals surface area contributed by atoms with Gasteiger partial charge in [0.2, 0.25) is 0 Å². The smallest absolute Gasteiger partial charge is 0.149 e. The van der Waals surface area contributed by atoms with Crippen LogP contribution >= 0.6 is 11.6 Å². The number of nitrogens with one attached hydrogen (secondary N) is 1. The van der Waals surface area contributed by atoms with Gasteiger partial charge in [-0.25, -0.2) is 9.97 Å². The van der Waals surface area contributed by atoms with Crippen LogP contribution in [0.5, 0.6) is 5.75 Å². The van der Waals surface area contributed by atoms with Crippen molar-refractivity contribution in [3.05, 3.63) is 46.9 Å². The van der Waals surface area contributed by atoms with Crippen molar-refractivity contribution in [2.75, 3.05) is 5.32 Å². The lowest BCUT2D eigenvalue weighted by Gasteiger charge is -2.24. The third-order valence-electron chi connectivity index (χ3n) is 3.41. The van der Waals surface area contributed by atoms with Crippen LogP contribution in [0.25, 0.3) is 0 Å². The molecule has 112 valence electrons. The standard InChI is InChI=1S/C16H20ClN3O/c1-4-13-14(17)16(19-9-18-13)20-15(10(2)3)11-5-7-12(21)8-6-11/h5-10,15,21H,4H2,1-3H3,(H,18,19,20). The summed E-state index contributed by atoms with van der Waals surface area (Å²) in [5.74, 6) is 1.25. The van der Waals surface area contributed by atoms with E-state index in [1.54, 1.807) is 12.1 Å². The Bertz CT molecular complexity index is 599. The van der Waals surface area contributed by atoms with Crippen molar-refractivity contribution >= 4 is 17.4 Å². The predicted octanol–water partition coefficient (Wildman–Crippen LogP) is 4.21. The Morgan fingerprint density at radius 2 is 1.86 bits per heavy atom. The highest BCUT2D eigenvalue weighted by Gasteiger charge is 2.18. The maximum absolute atomic E-state index is 9.42. The van der Waals surface area contributed by atoms with E-state index in [4.69, 9.17) is 11.6 Å². The molecule has 1 aromatic carbocycles. The van der Waals surface area contributed by atoms with Crippen LogP contribution in [0.2, 0.25) is 5.02 Å². The lowest BCUT2D eigenvalue weighted by atomic mass is 9.96. The average molecular weight is 306 g/mol. The Labute approximate surface area is 130 Å². The molecule has 2 aromatic rings. The van der Waals surface area contributed by atoms with Gasteiger partial charge in [-0.1, -0.05) is 44.5 Å². The molecule has 0 aliphatic carbocycles. The third kappa shape index (κ3) is 3.64. The number of aromatic nitrogens is 2. The van der Waals surface area contributed by atoms with Gasteiger partial charge in [0.05, 0.1) is 11.7 Å². The second-order valence-electron chi connectivity index (χ2n) is 5.29. The summed E-state index contributed by atoms with van der Waals surface area (Å²) in [4.78, 5) is 8.43. The number of phenolic OH excluding ortho intramolecular Hbond substituents is 1. The van der Waals surface area contributed by atoms with Gasteiger partial charge in [-0.15, -0.1) is 0 Å². The summed E-state index contributed by atoms with van der Waals surface area (Å²) in [6, 6.07) is 7.24. The average Bonchev–Trinajstić information content (AvgIpc) is 2.47. The van der Waals surface area contributed by atoms with E-state index >= 15 is 0 Å². The molecule has 2 N–H and O–H groups in total. The van der Waals surface area contributed by atoms with Crippen LogP contribution in [-0.2, 0) is 6.42 Å². The van der Waals surface area contributed by atoms with E-state index in [9.17, 15) is 5.11 Å². The molecule has 2 rings (SSSR count). The summed E-state index contributed by atoms with van der Waals surface area (Å²) < 4.78 is 0. The first-order chi connectivity index (χ1) is 10.0. The SMILES string of the molecule is CCc1ncnc(NC(c2ccc(O)cc2)C(C)C)c1Cl. The minimum atomic E-state index is 0.0581. The minimum absolute atomic E-state index is 0.0581. The van der Waals surface area contributed by atoms with Crippen LogP contribution in [-0.4, -0.2) is 15.1 Å². The van der Waals surface area contributed by atoms with Crippen molar-refractivity contribution in [1.82, 2.24) is 9.97 Å². The van der Waals surface area contributed by atoms with Crippen LogP contribution in [0.15, 0.2) is 30.6 Å². The Morgan fingerprint density at radius 1 is 1.19 bits per heavy atom. The number of nitrogens with zero attached hydrogens (tertiary/aromatic N) is 2. The van der Waals surface area contributed by atoms with Gasteiger partial charge in [0, 0.05) is 0 Å². The van der Waals surface area contributed by atoms with Crippen molar-refractivity contribution < 1.29 is 5.11 Å². The van der Waals surface area contributed by atoms with E-state index in [2.05, 4.69) is 29.1 Å². The Kier molecular flexibility index (Phi) is 5.02. The number of benzene rings is 1. The fourth-order valence-electron chi connectivity index (χ4n) is 2.22. The number of hydrogen-bond acceptors (Lipinski definition) is 4. The fourth-order valence-corrected chi connectivity index (χ4v) is 2.50. The highest BCUT2D eigenvalue weighted by molar-refractivity contribution is 6.33.